The van der Waals surface area contributed by atoms with Gasteiger partial charge in [-0.05, 0) is 23.6 Å². The van der Waals surface area contributed by atoms with Crippen LogP contribution < -0.4 is 5.32 Å². The molecule has 0 aliphatic carbocycles. The van der Waals surface area contributed by atoms with E-state index in [1.807, 2.05) is 13.8 Å². The fraction of sp³-hybridized carbons (Fsp3) is 0.571. The lowest BCUT2D eigenvalue weighted by molar-refractivity contribution is -0.140. The molecule has 1 aromatic carbocycles. The Morgan fingerprint density at radius 3 is 2.55 bits per heavy atom. The van der Waals surface area contributed by atoms with Gasteiger partial charge in [0.15, 0.2) is 0 Å². The molecule has 1 N–H and O–H groups in total. The van der Waals surface area contributed by atoms with Crippen LogP contribution in [0.3, 0.4) is 0 Å². The van der Waals surface area contributed by atoms with Gasteiger partial charge in [-0.15, -0.1) is 0 Å². The highest BCUT2D eigenvalue weighted by Gasteiger charge is 2.34. The Balaban J connectivity index is 2.41. The van der Waals surface area contributed by atoms with E-state index < -0.39 is 17.6 Å². The first-order chi connectivity index (χ1) is 9.30. The highest BCUT2D eigenvalue weighted by Crippen LogP contribution is 2.31. The van der Waals surface area contributed by atoms with E-state index in [4.69, 9.17) is 4.74 Å². The molecule has 2 nitrogen and oxygen atoms in total. The molecule has 0 unspecified atom stereocenters. The van der Waals surface area contributed by atoms with Crippen molar-refractivity contribution in [3.05, 3.63) is 35.1 Å². The van der Waals surface area contributed by atoms with Gasteiger partial charge in [-0.2, -0.15) is 13.2 Å². The highest BCUT2D eigenvalue weighted by atomic mass is 19.4. The molecule has 114 valence electrons. The molecule has 6 heteroatoms. The van der Waals surface area contributed by atoms with Crippen LogP contribution in [0, 0.1) is 11.7 Å². The maximum atomic E-state index is 13.1. The average molecular weight is 293 g/mol. The molecule has 0 radical (unpaired) electrons. The average Bonchev–Trinajstić information content (AvgIpc) is 2.33. The Kier molecular flexibility index (Phi) is 6.42. The molecule has 0 bridgehead atoms. The predicted molar refractivity (Wildman–Crippen MR) is 68.8 cm³/mol. The maximum Gasteiger partial charge on any atom is 0.419 e. The molecular formula is C14H19F4NO. The van der Waals surface area contributed by atoms with Crippen LogP contribution in [0.4, 0.5) is 17.6 Å². The van der Waals surface area contributed by atoms with E-state index in [0.29, 0.717) is 31.2 Å². The summed E-state index contributed by atoms with van der Waals surface area (Å²) in [4.78, 5) is 0. The van der Waals surface area contributed by atoms with E-state index in [-0.39, 0.29) is 6.54 Å². The van der Waals surface area contributed by atoms with E-state index in [9.17, 15) is 17.6 Å². The Hall–Kier alpha value is -1.14. The minimum absolute atomic E-state index is 0.244. The first-order valence-electron chi connectivity index (χ1n) is 6.44. The van der Waals surface area contributed by atoms with Crippen LogP contribution >= 0.6 is 0 Å². The first-order valence-corrected chi connectivity index (χ1v) is 6.44. The second-order valence-corrected chi connectivity index (χ2v) is 4.96. The van der Waals surface area contributed by atoms with Crippen molar-refractivity contribution in [3.63, 3.8) is 0 Å². The summed E-state index contributed by atoms with van der Waals surface area (Å²) in [7, 11) is 0. The molecular weight excluding hydrogens is 274 g/mol. The first kappa shape index (κ1) is 16.9. The van der Waals surface area contributed by atoms with Crippen LogP contribution in [0.25, 0.3) is 0 Å². The van der Waals surface area contributed by atoms with Gasteiger partial charge >= 0.3 is 6.18 Å². The zero-order valence-electron chi connectivity index (χ0n) is 11.6. The summed E-state index contributed by atoms with van der Waals surface area (Å²) in [5.74, 6) is -0.803. The molecule has 0 saturated heterocycles. The lowest BCUT2D eigenvalue weighted by Crippen LogP contribution is -2.20. The molecule has 0 aliphatic rings. The highest BCUT2D eigenvalue weighted by molar-refractivity contribution is 5.27. The van der Waals surface area contributed by atoms with E-state index in [2.05, 4.69) is 5.32 Å². The van der Waals surface area contributed by atoms with E-state index in [1.54, 1.807) is 0 Å². The van der Waals surface area contributed by atoms with Crippen LogP contribution in [0.2, 0.25) is 0 Å². The molecule has 0 amide bonds. The fourth-order valence-electron chi connectivity index (χ4n) is 1.60. The minimum Gasteiger partial charge on any atom is -0.380 e. The molecule has 0 heterocycles. The van der Waals surface area contributed by atoms with Gasteiger partial charge in [-0.1, -0.05) is 19.9 Å². The lowest BCUT2D eigenvalue weighted by Gasteiger charge is -2.11. The van der Waals surface area contributed by atoms with Crippen molar-refractivity contribution in [2.24, 2.45) is 5.92 Å². The van der Waals surface area contributed by atoms with Crippen LogP contribution in [-0.2, 0) is 17.5 Å². The molecule has 0 saturated carbocycles. The van der Waals surface area contributed by atoms with Crippen molar-refractivity contribution < 1.29 is 22.3 Å². The third kappa shape index (κ3) is 5.88. The number of hydrogen-bond acceptors (Lipinski definition) is 2. The van der Waals surface area contributed by atoms with Crippen molar-refractivity contribution in [1.29, 1.82) is 0 Å². The molecule has 1 rings (SSSR count). The second kappa shape index (κ2) is 7.59. The molecule has 0 aromatic heterocycles. The van der Waals surface area contributed by atoms with Crippen molar-refractivity contribution in [1.82, 2.24) is 5.32 Å². The summed E-state index contributed by atoms with van der Waals surface area (Å²) in [6, 6.07) is 3.01. The van der Waals surface area contributed by atoms with Crippen LogP contribution in [0.5, 0.6) is 0 Å². The SMILES string of the molecule is CC(C)COCCNCc1ccc(F)c(C(F)(F)F)c1. The van der Waals surface area contributed by atoms with Gasteiger partial charge in [0.05, 0.1) is 12.2 Å². The summed E-state index contributed by atoms with van der Waals surface area (Å²) in [5.41, 5.74) is -0.838. The van der Waals surface area contributed by atoms with Crippen LogP contribution in [0.15, 0.2) is 18.2 Å². The second-order valence-electron chi connectivity index (χ2n) is 4.96. The van der Waals surface area contributed by atoms with Crippen molar-refractivity contribution in [2.75, 3.05) is 19.8 Å². The van der Waals surface area contributed by atoms with Gasteiger partial charge in [0.25, 0.3) is 0 Å². The van der Waals surface area contributed by atoms with Crippen molar-refractivity contribution in [3.8, 4) is 0 Å². The zero-order chi connectivity index (χ0) is 15.2. The molecule has 20 heavy (non-hydrogen) atoms. The fourth-order valence-corrected chi connectivity index (χ4v) is 1.60. The number of hydrogen-bond donors (Lipinski definition) is 1. The summed E-state index contributed by atoms with van der Waals surface area (Å²) in [5, 5.41) is 2.96. The maximum absolute atomic E-state index is 13.1. The lowest BCUT2D eigenvalue weighted by atomic mass is 10.1. The Bertz CT molecular complexity index is 418. The topological polar surface area (TPSA) is 21.3 Å². The summed E-state index contributed by atoms with van der Waals surface area (Å²) in [6.07, 6.45) is -4.67. The van der Waals surface area contributed by atoms with Crippen molar-refractivity contribution >= 4 is 0 Å². The Labute approximate surface area is 116 Å². The summed E-state index contributed by atoms with van der Waals surface area (Å²) < 4.78 is 55.9. The van der Waals surface area contributed by atoms with Gasteiger partial charge in [-0.25, -0.2) is 4.39 Å². The van der Waals surface area contributed by atoms with Crippen molar-refractivity contribution in [2.45, 2.75) is 26.6 Å². The van der Waals surface area contributed by atoms with E-state index in [0.717, 1.165) is 12.1 Å². The molecule has 0 spiro atoms. The molecule has 0 aliphatic heterocycles. The predicted octanol–water partition coefficient (Wildman–Crippen LogP) is 3.61. The van der Waals surface area contributed by atoms with E-state index in [1.165, 1.54) is 6.07 Å². The third-order valence-corrected chi connectivity index (χ3v) is 2.54. The molecule has 1 aromatic rings. The molecule has 0 atom stereocenters. The Morgan fingerprint density at radius 1 is 1.25 bits per heavy atom. The van der Waals surface area contributed by atoms with Crippen LogP contribution in [0.1, 0.15) is 25.0 Å². The van der Waals surface area contributed by atoms with Gasteiger partial charge in [0.1, 0.15) is 5.82 Å². The normalized spacial score (nSPS) is 12.2. The third-order valence-electron chi connectivity index (χ3n) is 2.54. The summed E-state index contributed by atoms with van der Waals surface area (Å²) >= 11 is 0. The molecule has 0 fully saturated rings. The minimum atomic E-state index is -4.67. The van der Waals surface area contributed by atoms with Gasteiger partial charge in [0.2, 0.25) is 0 Å². The monoisotopic (exact) mass is 293 g/mol. The van der Waals surface area contributed by atoms with Gasteiger partial charge in [0, 0.05) is 19.7 Å². The number of nitrogens with one attached hydrogen (secondary N) is 1. The number of alkyl halides is 3. The summed E-state index contributed by atoms with van der Waals surface area (Å²) in [6.45, 7) is 5.98. The number of ether oxygens (including phenoxy) is 1. The Morgan fingerprint density at radius 2 is 1.95 bits per heavy atom. The van der Waals surface area contributed by atoms with E-state index >= 15 is 0 Å². The smallest absolute Gasteiger partial charge is 0.380 e. The number of rotatable bonds is 7. The quantitative estimate of drug-likeness (QED) is 0.612. The number of benzene rings is 1. The van der Waals surface area contributed by atoms with Gasteiger partial charge < -0.3 is 10.1 Å². The van der Waals surface area contributed by atoms with Crippen LogP contribution in [-0.4, -0.2) is 19.8 Å². The number of halogens is 4. The zero-order valence-corrected chi connectivity index (χ0v) is 11.6. The standard InChI is InChI=1S/C14H19F4NO/c1-10(2)9-20-6-5-19-8-11-3-4-13(15)12(7-11)14(16,17)18/h3-4,7,10,19H,5-6,8-9H2,1-2H3. The van der Waals surface area contributed by atoms with Gasteiger partial charge in [-0.3, -0.25) is 0 Å². The largest absolute Gasteiger partial charge is 0.419 e.